The van der Waals surface area contributed by atoms with Gasteiger partial charge in [-0.25, -0.2) is 4.68 Å². The van der Waals surface area contributed by atoms with Crippen molar-refractivity contribution in [2.45, 2.75) is 63.0 Å². The van der Waals surface area contributed by atoms with Crippen LogP contribution in [0.5, 0.6) is 5.75 Å². The molecule has 0 spiro atoms. The van der Waals surface area contributed by atoms with Crippen molar-refractivity contribution in [2.24, 2.45) is 0 Å². The Kier molecular flexibility index (Phi) is 6.84. The second-order valence-corrected chi connectivity index (χ2v) is 8.74. The molecular formula is C20H25ClN4O6S. The van der Waals surface area contributed by atoms with Crippen LogP contribution in [0.4, 0.5) is 0 Å². The van der Waals surface area contributed by atoms with E-state index in [9.17, 15) is 20.1 Å². The van der Waals surface area contributed by atoms with Gasteiger partial charge in [-0.1, -0.05) is 11.6 Å². The number of amides is 1. The third kappa shape index (κ3) is 4.68. The SMILES string of the molecule is CC(=O)N[C@H]1[C@H](O)[C@H](O)[C@H](CO)O[C@@H]1n1nc(COc2ccc(Cl)cc2)n(C2CC2)c1=S. The van der Waals surface area contributed by atoms with Crippen molar-refractivity contribution in [1.29, 1.82) is 0 Å². The van der Waals surface area contributed by atoms with Gasteiger partial charge in [-0.05, 0) is 49.3 Å². The van der Waals surface area contributed by atoms with Crippen molar-refractivity contribution >= 4 is 29.7 Å². The first-order chi connectivity index (χ1) is 15.3. The van der Waals surface area contributed by atoms with Crippen LogP contribution in [-0.4, -0.2) is 66.5 Å². The zero-order valence-electron chi connectivity index (χ0n) is 17.3. The number of benzene rings is 1. The highest BCUT2D eigenvalue weighted by molar-refractivity contribution is 7.71. The number of carbonyl (C=O) groups excluding carboxylic acids is 1. The molecule has 4 N–H and O–H groups in total. The Labute approximate surface area is 194 Å². The number of hydrogen-bond donors (Lipinski definition) is 4. The molecule has 0 unspecified atom stereocenters. The number of halogens is 1. The molecule has 0 bridgehead atoms. The quantitative estimate of drug-likeness (QED) is 0.430. The molecule has 1 amide bonds. The molecule has 4 rings (SSSR count). The van der Waals surface area contributed by atoms with Crippen molar-refractivity contribution in [3.8, 4) is 5.75 Å². The highest BCUT2D eigenvalue weighted by atomic mass is 35.5. The van der Waals surface area contributed by atoms with Crippen molar-refractivity contribution in [3.05, 3.63) is 39.9 Å². The largest absolute Gasteiger partial charge is 0.486 e. The molecule has 2 aliphatic rings. The van der Waals surface area contributed by atoms with E-state index in [0.29, 0.717) is 21.4 Å². The maximum Gasteiger partial charge on any atom is 0.217 e. The van der Waals surface area contributed by atoms with Crippen LogP contribution in [0.25, 0.3) is 0 Å². The van der Waals surface area contributed by atoms with Crippen LogP contribution in [0.1, 0.15) is 37.9 Å². The van der Waals surface area contributed by atoms with Gasteiger partial charge in [0.2, 0.25) is 10.7 Å². The summed E-state index contributed by atoms with van der Waals surface area (Å²) in [6, 6.07) is 6.08. The van der Waals surface area contributed by atoms with E-state index in [0.717, 1.165) is 12.8 Å². The summed E-state index contributed by atoms with van der Waals surface area (Å²) in [5.74, 6) is 0.747. The van der Waals surface area contributed by atoms with Gasteiger partial charge in [0.25, 0.3) is 0 Å². The topological polar surface area (TPSA) is 131 Å². The first-order valence-corrected chi connectivity index (χ1v) is 11.1. The summed E-state index contributed by atoms with van der Waals surface area (Å²) in [6.45, 7) is 0.896. The van der Waals surface area contributed by atoms with E-state index in [1.807, 2.05) is 4.57 Å². The summed E-state index contributed by atoms with van der Waals surface area (Å²) >= 11 is 11.6. The standard InChI is InChI=1S/C20H25ClN4O6S/c1-10(27)22-16-18(29)17(28)14(8-26)31-19(16)25-20(32)24(12-4-5-12)15(23-25)9-30-13-6-2-11(21)3-7-13/h2-3,6-7,12,14,16-19,26,28-29H,4-5,8-9H2,1H3,(H,22,27)/t14-,16-,17+,18-,19-/m0/s1. The van der Waals surface area contributed by atoms with Crippen molar-refractivity contribution in [3.63, 3.8) is 0 Å². The molecule has 12 heteroatoms. The zero-order chi connectivity index (χ0) is 23.0. The van der Waals surface area contributed by atoms with Crippen molar-refractivity contribution < 1.29 is 29.6 Å². The molecule has 10 nitrogen and oxygen atoms in total. The summed E-state index contributed by atoms with van der Waals surface area (Å²) in [6.07, 6.45) is -3.00. The lowest BCUT2D eigenvalue weighted by atomic mass is 9.96. The summed E-state index contributed by atoms with van der Waals surface area (Å²) in [4.78, 5) is 11.8. The minimum absolute atomic E-state index is 0.126. The van der Waals surface area contributed by atoms with Crippen LogP contribution < -0.4 is 10.1 Å². The molecule has 2 heterocycles. The average Bonchev–Trinajstić information content (AvgIpc) is 3.54. The van der Waals surface area contributed by atoms with Gasteiger partial charge in [0.15, 0.2) is 12.1 Å². The van der Waals surface area contributed by atoms with Gasteiger partial charge in [0, 0.05) is 18.0 Å². The first kappa shape index (κ1) is 23.1. The predicted octanol–water partition coefficient (Wildman–Crippen LogP) is 1.10. The molecule has 1 aromatic carbocycles. The average molecular weight is 485 g/mol. The summed E-state index contributed by atoms with van der Waals surface area (Å²) in [5.41, 5.74) is 0. The van der Waals surface area contributed by atoms with Crippen LogP contribution in [0.3, 0.4) is 0 Å². The summed E-state index contributed by atoms with van der Waals surface area (Å²) < 4.78 is 15.3. The lowest BCUT2D eigenvalue weighted by Crippen LogP contribution is -2.62. The second kappa shape index (κ2) is 9.46. The zero-order valence-corrected chi connectivity index (χ0v) is 18.9. The number of ether oxygens (including phenoxy) is 2. The molecule has 0 radical (unpaired) electrons. The molecule has 32 heavy (non-hydrogen) atoms. The number of aliphatic hydroxyl groups is 3. The number of aromatic nitrogens is 3. The number of nitrogens with one attached hydrogen (secondary N) is 1. The van der Waals surface area contributed by atoms with E-state index < -0.39 is 43.1 Å². The van der Waals surface area contributed by atoms with E-state index in [2.05, 4.69) is 10.4 Å². The van der Waals surface area contributed by atoms with E-state index in [-0.39, 0.29) is 12.6 Å². The highest BCUT2D eigenvalue weighted by Gasteiger charge is 2.47. The molecule has 5 atom stereocenters. The monoisotopic (exact) mass is 484 g/mol. The fourth-order valence-corrected chi connectivity index (χ4v) is 4.30. The maximum absolute atomic E-state index is 11.8. The van der Waals surface area contributed by atoms with E-state index >= 15 is 0 Å². The first-order valence-electron chi connectivity index (χ1n) is 10.3. The third-order valence-electron chi connectivity index (χ3n) is 5.51. The van der Waals surface area contributed by atoms with Gasteiger partial charge in [0.05, 0.1) is 6.61 Å². The van der Waals surface area contributed by atoms with Gasteiger partial charge in [-0.15, -0.1) is 0 Å². The lowest BCUT2D eigenvalue weighted by Gasteiger charge is -2.42. The fraction of sp³-hybridized carbons (Fsp3) is 0.550. The highest BCUT2D eigenvalue weighted by Crippen LogP contribution is 2.38. The molecule has 1 saturated carbocycles. The Morgan fingerprint density at radius 2 is 2.00 bits per heavy atom. The van der Waals surface area contributed by atoms with Crippen LogP contribution in [0.15, 0.2) is 24.3 Å². The van der Waals surface area contributed by atoms with Gasteiger partial charge in [-0.3, -0.25) is 9.36 Å². The fourth-order valence-electron chi connectivity index (χ4n) is 3.78. The van der Waals surface area contributed by atoms with E-state index in [1.165, 1.54) is 11.6 Å². The Balaban J connectivity index is 1.66. The Hall–Kier alpha value is -2.02. The van der Waals surface area contributed by atoms with Gasteiger partial charge in [0.1, 0.15) is 36.7 Å². The molecule has 2 aromatic rings. The molecule has 1 aromatic heterocycles. The van der Waals surface area contributed by atoms with E-state index in [1.54, 1.807) is 24.3 Å². The van der Waals surface area contributed by atoms with Crippen molar-refractivity contribution in [1.82, 2.24) is 19.7 Å². The maximum atomic E-state index is 11.8. The smallest absolute Gasteiger partial charge is 0.217 e. The molecule has 1 aliphatic carbocycles. The van der Waals surface area contributed by atoms with Gasteiger partial charge >= 0.3 is 0 Å². The summed E-state index contributed by atoms with van der Waals surface area (Å²) in [7, 11) is 0. The molecule has 174 valence electrons. The molecule has 1 saturated heterocycles. The van der Waals surface area contributed by atoms with Crippen LogP contribution in [0, 0.1) is 4.77 Å². The van der Waals surface area contributed by atoms with Crippen LogP contribution >= 0.6 is 23.8 Å². The number of carbonyl (C=O) groups is 1. The number of aliphatic hydroxyl groups excluding tert-OH is 3. The summed E-state index contributed by atoms with van der Waals surface area (Å²) in [5, 5.41) is 38.3. The van der Waals surface area contributed by atoms with Gasteiger partial charge < -0.3 is 30.1 Å². The van der Waals surface area contributed by atoms with E-state index in [4.69, 9.17) is 33.3 Å². The predicted molar refractivity (Wildman–Crippen MR) is 116 cm³/mol. The Morgan fingerprint density at radius 1 is 1.31 bits per heavy atom. The molecular weight excluding hydrogens is 460 g/mol. The van der Waals surface area contributed by atoms with Crippen LogP contribution in [0.2, 0.25) is 5.02 Å². The second-order valence-electron chi connectivity index (χ2n) is 7.94. The Morgan fingerprint density at radius 3 is 2.59 bits per heavy atom. The minimum atomic E-state index is -1.39. The lowest BCUT2D eigenvalue weighted by molar-refractivity contribution is -0.219. The normalized spacial score (nSPS) is 27.8. The third-order valence-corrected chi connectivity index (χ3v) is 6.14. The minimum Gasteiger partial charge on any atom is -0.486 e. The Bertz CT molecular complexity index is 1020. The van der Waals surface area contributed by atoms with Crippen molar-refractivity contribution in [2.75, 3.05) is 6.61 Å². The van der Waals surface area contributed by atoms with Gasteiger partial charge in [-0.2, -0.15) is 5.10 Å². The number of rotatable bonds is 7. The van der Waals surface area contributed by atoms with Crippen LogP contribution in [-0.2, 0) is 16.1 Å². The molecule has 2 fully saturated rings. The number of hydrogen-bond acceptors (Lipinski definition) is 8. The number of nitrogens with zero attached hydrogens (tertiary/aromatic N) is 3. The molecule has 1 aliphatic heterocycles.